The molecule has 1 aromatic rings. The molecule has 1 heterocycles. The van der Waals surface area contributed by atoms with Crippen LogP contribution in [0.15, 0.2) is 24.3 Å². The monoisotopic (exact) mass is 268 g/mol. The summed E-state index contributed by atoms with van der Waals surface area (Å²) in [7, 11) is 0. The molecule has 1 aliphatic heterocycles. The van der Waals surface area contributed by atoms with Gasteiger partial charge in [0.2, 0.25) is 5.91 Å². The number of nitrogens with zero attached hydrogens (tertiary/aromatic N) is 2. The molecular weight excluding hydrogens is 256 g/mol. The molecule has 0 unspecified atom stereocenters. The summed E-state index contributed by atoms with van der Waals surface area (Å²) in [6.07, 6.45) is 0. The third kappa shape index (κ3) is 1.95. The lowest BCUT2D eigenvalue weighted by molar-refractivity contribution is -0.384. The van der Waals surface area contributed by atoms with E-state index in [9.17, 15) is 14.9 Å². The van der Waals surface area contributed by atoms with Crippen molar-refractivity contribution < 1.29 is 9.72 Å². The third-order valence-electron chi connectivity index (χ3n) is 3.07. The summed E-state index contributed by atoms with van der Waals surface area (Å²) in [5.41, 5.74) is 0.862. The Labute approximate surface area is 109 Å². The van der Waals surface area contributed by atoms with E-state index in [0.717, 1.165) is 5.56 Å². The van der Waals surface area contributed by atoms with E-state index in [4.69, 9.17) is 11.6 Å². The molecule has 0 aromatic heterocycles. The maximum atomic E-state index is 11.6. The number of carbonyl (C=O) groups excluding carboxylic acids is 1. The second-order valence-electron chi connectivity index (χ2n) is 4.53. The third-order valence-corrected chi connectivity index (χ3v) is 3.49. The molecule has 0 spiro atoms. The molecule has 5 nitrogen and oxygen atoms in total. The number of nitro benzene ring substituents is 1. The second-order valence-corrected chi connectivity index (χ2v) is 5.00. The van der Waals surface area contributed by atoms with Gasteiger partial charge in [0.15, 0.2) is 0 Å². The Morgan fingerprint density at radius 3 is 2.33 bits per heavy atom. The van der Waals surface area contributed by atoms with Gasteiger partial charge in [0.1, 0.15) is 5.38 Å². The maximum absolute atomic E-state index is 11.6. The van der Waals surface area contributed by atoms with Crippen molar-refractivity contribution in [2.75, 3.05) is 0 Å². The summed E-state index contributed by atoms with van der Waals surface area (Å²) in [5.74, 6) is -0.0879. The fourth-order valence-corrected chi connectivity index (χ4v) is 2.55. The molecule has 0 N–H and O–H groups in total. The number of halogens is 1. The van der Waals surface area contributed by atoms with Crippen LogP contribution in [0.25, 0.3) is 0 Å². The van der Waals surface area contributed by atoms with Gasteiger partial charge >= 0.3 is 0 Å². The van der Waals surface area contributed by atoms with E-state index in [-0.39, 0.29) is 23.7 Å². The largest absolute Gasteiger partial charge is 0.330 e. The lowest BCUT2D eigenvalue weighted by atomic mass is 9.91. The molecule has 18 heavy (non-hydrogen) atoms. The van der Waals surface area contributed by atoms with Gasteiger partial charge in [0.05, 0.1) is 11.0 Å². The molecule has 0 radical (unpaired) electrons. The van der Waals surface area contributed by atoms with Crippen LogP contribution < -0.4 is 0 Å². The number of nitro groups is 1. The summed E-state index contributed by atoms with van der Waals surface area (Å²) in [4.78, 5) is 23.5. The van der Waals surface area contributed by atoms with Crippen molar-refractivity contribution in [2.45, 2.75) is 31.3 Å². The van der Waals surface area contributed by atoms with Gasteiger partial charge in [-0.25, -0.2) is 0 Å². The number of β-lactam (4-membered cyclic amide) rings is 1. The summed E-state index contributed by atoms with van der Waals surface area (Å²) in [6, 6.07) is 6.04. The number of benzene rings is 1. The highest BCUT2D eigenvalue weighted by Gasteiger charge is 2.48. The molecule has 2 rings (SSSR count). The van der Waals surface area contributed by atoms with Crippen LogP contribution in [0.3, 0.4) is 0 Å². The highest BCUT2D eigenvalue weighted by atomic mass is 35.5. The van der Waals surface area contributed by atoms with Crippen LogP contribution in [0.5, 0.6) is 0 Å². The van der Waals surface area contributed by atoms with Crippen molar-refractivity contribution in [2.24, 2.45) is 0 Å². The number of non-ortho nitro benzene ring substituents is 1. The van der Waals surface area contributed by atoms with Crippen molar-refractivity contribution in [3.63, 3.8) is 0 Å². The van der Waals surface area contributed by atoms with Crippen LogP contribution in [0.2, 0.25) is 0 Å². The summed E-state index contributed by atoms with van der Waals surface area (Å²) in [6.45, 7) is 3.83. The van der Waals surface area contributed by atoms with E-state index in [1.54, 1.807) is 17.0 Å². The first kappa shape index (κ1) is 12.8. The highest BCUT2D eigenvalue weighted by Crippen LogP contribution is 2.40. The van der Waals surface area contributed by atoms with E-state index in [1.807, 2.05) is 13.8 Å². The van der Waals surface area contributed by atoms with E-state index in [1.165, 1.54) is 12.1 Å². The Morgan fingerprint density at radius 1 is 1.33 bits per heavy atom. The zero-order valence-corrected chi connectivity index (χ0v) is 10.8. The van der Waals surface area contributed by atoms with E-state index in [2.05, 4.69) is 0 Å². The zero-order chi connectivity index (χ0) is 13.4. The molecular formula is C12H13ClN2O3. The minimum absolute atomic E-state index is 0.0339. The van der Waals surface area contributed by atoms with Gasteiger partial charge < -0.3 is 4.90 Å². The average molecular weight is 269 g/mol. The minimum atomic E-state index is -0.575. The fraction of sp³-hybridized carbons (Fsp3) is 0.417. The summed E-state index contributed by atoms with van der Waals surface area (Å²) < 4.78 is 0. The molecule has 0 bridgehead atoms. The predicted octanol–water partition coefficient (Wildman–Crippen LogP) is 2.49. The Bertz CT molecular complexity index is 487. The summed E-state index contributed by atoms with van der Waals surface area (Å²) >= 11 is 6.02. The van der Waals surface area contributed by atoms with Crippen molar-refractivity contribution >= 4 is 23.2 Å². The zero-order valence-electron chi connectivity index (χ0n) is 10.0. The van der Waals surface area contributed by atoms with E-state index >= 15 is 0 Å². The number of amides is 1. The van der Waals surface area contributed by atoms with Crippen molar-refractivity contribution in [1.29, 1.82) is 0 Å². The first-order valence-corrected chi connectivity index (χ1v) is 6.07. The number of likely N-dealkylation sites (tertiary alicyclic amines) is 1. The van der Waals surface area contributed by atoms with Gasteiger partial charge in [-0.2, -0.15) is 0 Å². The van der Waals surface area contributed by atoms with Crippen molar-refractivity contribution in [3.8, 4) is 0 Å². The lowest BCUT2D eigenvalue weighted by Gasteiger charge is -2.47. The van der Waals surface area contributed by atoms with Crippen molar-refractivity contribution in [3.05, 3.63) is 39.9 Å². The smallest absolute Gasteiger partial charge is 0.269 e. The molecule has 1 amide bonds. The quantitative estimate of drug-likeness (QED) is 0.366. The molecule has 1 aromatic carbocycles. The lowest BCUT2D eigenvalue weighted by Crippen LogP contribution is -2.58. The summed E-state index contributed by atoms with van der Waals surface area (Å²) in [5, 5.41) is 9.99. The standard InChI is InChI=1S/C12H13ClN2O3/c1-7(2)14-11(10(13)12(14)16)8-3-5-9(6-4-8)15(17)18/h3-7,10-11H,1-2H3/t10-,11+/m0/s1. The SMILES string of the molecule is CC(C)N1C(=O)[C@@H](Cl)[C@H]1c1ccc([N+](=O)[O-])cc1. The first-order chi connectivity index (χ1) is 8.43. The Morgan fingerprint density at radius 2 is 1.89 bits per heavy atom. The average Bonchev–Trinajstić information content (AvgIpc) is 2.34. The van der Waals surface area contributed by atoms with Crippen LogP contribution >= 0.6 is 11.6 Å². The number of carbonyl (C=O) groups is 1. The highest BCUT2D eigenvalue weighted by molar-refractivity contribution is 6.33. The van der Waals surface area contributed by atoms with Crippen LogP contribution in [-0.2, 0) is 4.79 Å². The van der Waals surface area contributed by atoms with Crippen LogP contribution in [0.1, 0.15) is 25.5 Å². The van der Waals surface area contributed by atoms with Gasteiger partial charge in [-0.15, -0.1) is 11.6 Å². The normalized spacial score (nSPS) is 23.1. The molecule has 1 saturated heterocycles. The topological polar surface area (TPSA) is 63.5 Å². The minimum Gasteiger partial charge on any atom is -0.330 e. The van der Waals surface area contributed by atoms with Gasteiger partial charge in [-0.05, 0) is 19.4 Å². The Kier molecular flexibility index (Phi) is 3.26. The van der Waals surface area contributed by atoms with Gasteiger partial charge in [0, 0.05) is 18.2 Å². The fourth-order valence-electron chi connectivity index (χ4n) is 2.17. The maximum Gasteiger partial charge on any atom is 0.269 e. The first-order valence-electron chi connectivity index (χ1n) is 5.64. The number of rotatable bonds is 3. The molecule has 6 heteroatoms. The van der Waals surface area contributed by atoms with Gasteiger partial charge in [-0.1, -0.05) is 12.1 Å². The van der Waals surface area contributed by atoms with Gasteiger partial charge in [0.25, 0.3) is 5.69 Å². The predicted molar refractivity (Wildman–Crippen MR) is 67.5 cm³/mol. The molecule has 1 aliphatic rings. The molecule has 96 valence electrons. The molecule has 1 fully saturated rings. The van der Waals surface area contributed by atoms with Crippen molar-refractivity contribution in [1.82, 2.24) is 4.90 Å². The van der Waals surface area contributed by atoms with Crippen LogP contribution in [0, 0.1) is 10.1 Å². The van der Waals surface area contributed by atoms with Crippen LogP contribution in [-0.4, -0.2) is 27.1 Å². The van der Waals surface area contributed by atoms with Gasteiger partial charge in [-0.3, -0.25) is 14.9 Å². The molecule has 0 saturated carbocycles. The number of hydrogen-bond donors (Lipinski definition) is 0. The molecule has 2 atom stereocenters. The molecule has 0 aliphatic carbocycles. The van der Waals surface area contributed by atoms with E-state index in [0.29, 0.717) is 0 Å². The second kappa shape index (κ2) is 4.57. The number of hydrogen-bond acceptors (Lipinski definition) is 3. The Balaban J connectivity index is 2.26. The van der Waals surface area contributed by atoms with E-state index < -0.39 is 10.3 Å². The Hall–Kier alpha value is -1.62. The number of alkyl halides is 1. The van der Waals surface area contributed by atoms with Crippen LogP contribution in [0.4, 0.5) is 5.69 Å².